The fraction of sp³-hybridized carbons (Fsp3) is 0.800. The largest absolute Gasteiger partial charge is 0.360 e. The zero-order valence-corrected chi connectivity index (χ0v) is 11.4. The van der Waals surface area contributed by atoms with Gasteiger partial charge in [-0.3, -0.25) is 25.3 Å². The van der Waals surface area contributed by atoms with E-state index in [-0.39, 0.29) is 23.9 Å². The van der Waals surface area contributed by atoms with Crippen LogP contribution in [0.3, 0.4) is 0 Å². The topological polar surface area (TPSA) is 70.7 Å². The first-order valence-corrected chi connectivity index (χ1v) is 5.74. The molecule has 0 atom stereocenters. The number of hydrogen-bond donors (Lipinski definition) is 2. The first-order chi connectivity index (χ1) is 7.74. The van der Waals surface area contributed by atoms with Gasteiger partial charge in [0.2, 0.25) is 0 Å². The Kier molecular flexibility index (Phi) is 7.10. The Balaban J connectivity index is 3.77. The Morgan fingerprint density at radius 2 is 1.76 bits per heavy atom. The number of nitrogens with one attached hydrogen (secondary N) is 2. The van der Waals surface area contributed by atoms with Crippen LogP contribution in [0.2, 0.25) is 0 Å². The summed E-state index contributed by atoms with van der Waals surface area (Å²) in [7, 11) is 1.74. The van der Waals surface area contributed by atoms with Crippen LogP contribution < -0.4 is 10.9 Å². The van der Waals surface area contributed by atoms with Gasteiger partial charge in [-0.15, -0.1) is 11.6 Å². The molecule has 0 aliphatic carbocycles. The third kappa shape index (κ3) is 10.0. The Hall–Kier alpha value is -0.850. The molecule has 100 valence electrons. The molecule has 0 saturated heterocycles. The van der Waals surface area contributed by atoms with Crippen molar-refractivity contribution in [2.45, 2.75) is 26.4 Å². The highest BCUT2D eigenvalue weighted by Crippen LogP contribution is 2.06. The van der Waals surface area contributed by atoms with Crippen molar-refractivity contribution in [3.63, 3.8) is 0 Å². The summed E-state index contributed by atoms with van der Waals surface area (Å²) in [4.78, 5) is 23.8. The van der Waals surface area contributed by atoms with Crippen molar-refractivity contribution in [2.75, 3.05) is 26.2 Å². The predicted octanol–water partition coefficient (Wildman–Crippen LogP) is 0.0770. The maximum atomic E-state index is 11.3. The van der Waals surface area contributed by atoms with Gasteiger partial charge in [0.25, 0.3) is 11.8 Å². The van der Waals surface area contributed by atoms with Crippen LogP contribution >= 0.6 is 11.6 Å². The second-order valence-corrected chi connectivity index (χ2v) is 4.90. The van der Waals surface area contributed by atoms with Gasteiger partial charge in [0.05, 0.1) is 18.9 Å². The minimum absolute atomic E-state index is 0.124. The van der Waals surface area contributed by atoms with E-state index in [2.05, 4.69) is 10.9 Å². The first kappa shape index (κ1) is 16.1. The monoisotopic (exact) mass is 265 g/mol. The highest BCUT2D eigenvalue weighted by Gasteiger charge is 2.13. The third-order valence-electron chi connectivity index (χ3n) is 1.59. The summed E-state index contributed by atoms with van der Waals surface area (Å²) in [6.45, 7) is 6.25. The lowest BCUT2D eigenvalue weighted by Crippen LogP contribution is -2.46. The summed E-state index contributed by atoms with van der Waals surface area (Å²) in [6.07, 6.45) is 0. The van der Waals surface area contributed by atoms with Gasteiger partial charge in [0.1, 0.15) is 5.88 Å². The van der Waals surface area contributed by atoms with Crippen molar-refractivity contribution >= 4 is 23.4 Å². The zero-order chi connectivity index (χ0) is 13.5. The van der Waals surface area contributed by atoms with Crippen LogP contribution in [-0.2, 0) is 14.3 Å². The van der Waals surface area contributed by atoms with Gasteiger partial charge >= 0.3 is 0 Å². The molecule has 0 radical (unpaired) electrons. The van der Waals surface area contributed by atoms with E-state index in [9.17, 15) is 9.59 Å². The molecule has 0 rings (SSSR count). The average Bonchev–Trinajstić information content (AvgIpc) is 2.22. The van der Waals surface area contributed by atoms with Gasteiger partial charge in [-0.2, -0.15) is 0 Å². The quantitative estimate of drug-likeness (QED) is 0.420. The Morgan fingerprint density at radius 3 is 2.24 bits per heavy atom. The number of hydrazine groups is 1. The Labute approximate surface area is 107 Å². The molecule has 0 bridgehead atoms. The molecule has 0 aromatic rings. The SMILES string of the molecule is CN(COC(C)(C)C)CC(=O)NNC(=O)CCl. The summed E-state index contributed by atoms with van der Waals surface area (Å²) in [5.74, 6) is -0.972. The van der Waals surface area contributed by atoms with Gasteiger partial charge in [0, 0.05) is 0 Å². The molecule has 0 unspecified atom stereocenters. The summed E-state index contributed by atoms with van der Waals surface area (Å²) in [5, 5.41) is 0. The van der Waals surface area contributed by atoms with E-state index in [4.69, 9.17) is 16.3 Å². The molecule has 0 aromatic carbocycles. The number of carbonyl (C=O) groups is 2. The maximum Gasteiger partial charge on any atom is 0.253 e. The van der Waals surface area contributed by atoms with Crippen LogP contribution in [0.1, 0.15) is 20.8 Å². The van der Waals surface area contributed by atoms with Crippen molar-refractivity contribution in [1.82, 2.24) is 15.8 Å². The molecule has 0 heterocycles. The molecule has 0 fully saturated rings. The van der Waals surface area contributed by atoms with Gasteiger partial charge in [-0.1, -0.05) is 0 Å². The molecule has 0 saturated carbocycles. The molecule has 2 amide bonds. The second kappa shape index (κ2) is 7.47. The van der Waals surface area contributed by atoms with E-state index in [1.807, 2.05) is 20.8 Å². The molecule has 7 heteroatoms. The molecular weight excluding hydrogens is 246 g/mol. The minimum atomic E-state index is -0.450. The molecule has 0 aromatic heterocycles. The summed E-state index contributed by atoms with van der Waals surface area (Å²) < 4.78 is 5.48. The third-order valence-corrected chi connectivity index (χ3v) is 1.84. The number of hydrogen-bond acceptors (Lipinski definition) is 4. The van der Waals surface area contributed by atoms with Crippen LogP contribution in [0.5, 0.6) is 0 Å². The van der Waals surface area contributed by atoms with Crippen molar-refractivity contribution in [3.8, 4) is 0 Å². The second-order valence-electron chi connectivity index (χ2n) is 4.63. The van der Waals surface area contributed by atoms with Crippen LogP contribution in [0.4, 0.5) is 0 Å². The molecule has 17 heavy (non-hydrogen) atoms. The molecule has 0 spiro atoms. The summed E-state index contributed by atoms with van der Waals surface area (Å²) in [5.41, 5.74) is 4.16. The summed E-state index contributed by atoms with van der Waals surface area (Å²) >= 11 is 5.25. The highest BCUT2D eigenvalue weighted by atomic mass is 35.5. The van der Waals surface area contributed by atoms with E-state index in [1.165, 1.54) is 0 Å². The number of halogens is 1. The lowest BCUT2D eigenvalue weighted by molar-refractivity contribution is -0.130. The van der Waals surface area contributed by atoms with Gasteiger partial charge in [0.15, 0.2) is 0 Å². The van der Waals surface area contributed by atoms with Crippen molar-refractivity contribution in [2.24, 2.45) is 0 Å². The van der Waals surface area contributed by atoms with Crippen molar-refractivity contribution < 1.29 is 14.3 Å². The smallest absolute Gasteiger partial charge is 0.253 e. The predicted molar refractivity (Wildman–Crippen MR) is 65.3 cm³/mol. The fourth-order valence-corrected chi connectivity index (χ4v) is 0.874. The van der Waals surface area contributed by atoms with Crippen molar-refractivity contribution in [1.29, 1.82) is 0 Å². The molecular formula is C10H20ClN3O3. The molecule has 0 aliphatic rings. The standard InChI is InChI=1S/C10H20ClN3O3/c1-10(2,3)17-7-14(4)6-9(16)13-12-8(15)5-11/h5-7H2,1-4H3,(H,12,15)(H,13,16). The maximum absolute atomic E-state index is 11.3. The number of ether oxygens (including phenoxy) is 1. The lowest BCUT2D eigenvalue weighted by Gasteiger charge is -2.24. The lowest BCUT2D eigenvalue weighted by atomic mass is 10.2. The average molecular weight is 266 g/mol. The van der Waals surface area contributed by atoms with Gasteiger partial charge in [-0.25, -0.2) is 0 Å². The van der Waals surface area contributed by atoms with Crippen LogP contribution in [0.15, 0.2) is 0 Å². The number of alkyl halides is 1. The number of rotatable bonds is 5. The Bertz CT molecular complexity index is 266. The molecule has 0 aliphatic heterocycles. The normalized spacial score (nSPS) is 11.4. The number of carbonyl (C=O) groups excluding carboxylic acids is 2. The number of nitrogens with zero attached hydrogens (tertiary/aromatic N) is 1. The van der Waals surface area contributed by atoms with Crippen LogP contribution in [-0.4, -0.2) is 48.5 Å². The van der Waals surface area contributed by atoms with Gasteiger partial charge < -0.3 is 4.74 Å². The summed E-state index contributed by atoms with van der Waals surface area (Å²) in [6, 6.07) is 0. The highest BCUT2D eigenvalue weighted by molar-refractivity contribution is 6.27. The zero-order valence-electron chi connectivity index (χ0n) is 10.7. The number of amides is 2. The fourth-order valence-electron chi connectivity index (χ4n) is 0.807. The minimum Gasteiger partial charge on any atom is -0.360 e. The van der Waals surface area contributed by atoms with Crippen LogP contribution in [0.25, 0.3) is 0 Å². The first-order valence-electron chi connectivity index (χ1n) is 5.21. The number of likely N-dealkylation sites (N-methyl/N-ethyl adjacent to an activating group) is 1. The molecule has 2 N–H and O–H groups in total. The Morgan fingerprint density at radius 1 is 1.24 bits per heavy atom. The van der Waals surface area contributed by atoms with Crippen LogP contribution in [0, 0.1) is 0 Å². The van der Waals surface area contributed by atoms with Gasteiger partial charge in [-0.05, 0) is 27.8 Å². The van der Waals surface area contributed by atoms with E-state index in [0.717, 1.165) is 0 Å². The van der Waals surface area contributed by atoms with E-state index >= 15 is 0 Å². The molecule has 6 nitrogen and oxygen atoms in total. The van der Waals surface area contributed by atoms with E-state index < -0.39 is 5.91 Å². The van der Waals surface area contributed by atoms with E-state index in [0.29, 0.717) is 6.73 Å². The van der Waals surface area contributed by atoms with E-state index in [1.54, 1.807) is 11.9 Å². The van der Waals surface area contributed by atoms with Crippen molar-refractivity contribution in [3.05, 3.63) is 0 Å².